The Morgan fingerprint density at radius 3 is 2.28 bits per heavy atom. The highest BCUT2D eigenvalue weighted by atomic mass is 16.2. The van der Waals surface area contributed by atoms with Gasteiger partial charge in [0.15, 0.2) is 0 Å². The van der Waals surface area contributed by atoms with Gasteiger partial charge in [0.2, 0.25) is 11.8 Å². The number of hydrogen-bond donors (Lipinski definition) is 2. The minimum absolute atomic E-state index is 0.0104. The van der Waals surface area contributed by atoms with Crippen LogP contribution in [0.1, 0.15) is 20.8 Å². The summed E-state index contributed by atoms with van der Waals surface area (Å²) >= 11 is 0. The van der Waals surface area contributed by atoms with Crippen molar-refractivity contribution in [3.63, 3.8) is 0 Å². The van der Waals surface area contributed by atoms with Crippen molar-refractivity contribution in [3.8, 4) is 0 Å². The van der Waals surface area contributed by atoms with Gasteiger partial charge in [0.25, 0.3) is 0 Å². The molecule has 29 heavy (non-hydrogen) atoms. The van der Waals surface area contributed by atoms with Gasteiger partial charge < -0.3 is 25.3 Å². The Hall–Kier alpha value is -3.03. The fourth-order valence-electron chi connectivity index (χ4n) is 3.10. The molecule has 2 N–H and O–H groups in total. The molecule has 158 valence electrons. The first-order valence-corrected chi connectivity index (χ1v) is 9.87. The molecule has 1 fully saturated rings. The molecule has 0 aliphatic carbocycles. The second-order valence-electron chi connectivity index (χ2n) is 7.36. The average molecular weight is 402 g/mol. The van der Waals surface area contributed by atoms with E-state index in [2.05, 4.69) is 22.1 Å². The van der Waals surface area contributed by atoms with E-state index in [1.54, 1.807) is 6.08 Å². The monoisotopic (exact) mass is 401 g/mol. The third kappa shape index (κ3) is 6.81. The van der Waals surface area contributed by atoms with Gasteiger partial charge in [0, 0.05) is 57.1 Å². The summed E-state index contributed by atoms with van der Waals surface area (Å²) in [6.45, 7) is 12.1. The van der Waals surface area contributed by atoms with Gasteiger partial charge in [-0.15, -0.1) is 6.58 Å². The average Bonchev–Trinajstić information content (AvgIpc) is 2.67. The second kappa shape index (κ2) is 10.5. The number of carbonyl (C=O) groups is 3. The molecule has 0 radical (unpaired) electrons. The number of amides is 4. The van der Waals surface area contributed by atoms with Crippen molar-refractivity contribution in [1.82, 2.24) is 15.1 Å². The van der Waals surface area contributed by atoms with Gasteiger partial charge in [-0.05, 0) is 38.1 Å². The highest BCUT2D eigenvalue weighted by molar-refractivity contribution is 5.94. The minimum Gasteiger partial charge on any atom is -0.368 e. The van der Waals surface area contributed by atoms with Crippen LogP contribution in [0.4, 0.5) is 16.2 Å². The van der Waals surface area contributed by atoms with E-state index < -0.39 is 0 Å². The summed E-state index contributed by atoms with van der Waals surface area (Å²) in [5.74, 6) is -0.420. The van der Waals surface area contributed by atoms with Crippen LogP contribution in [0.25, 0.3) is 0 Å². The van der Waals surface area contributed by atoms with Crippen LogP contribution >= 0.6 is 0 Å². The third-order valence-electron chi connectivity index (χ3n) is 4.62. The quantitative estimate of drug-likeness (QED) is 0.684. The van der Waals surface area contributed by atoms with Crippen LogP contribution in [-0.2, 0) is 9.59 Å². The zero-order valence-electron chi connectivity index (χ0n) is 17.5. The van der Waals surface area contributed by atoms with E-state index in [-0.39, 0.29) is 30.4 Å². The van der Waals surface area contributed by atoms with Gasteiger partial charge in [0.05, 0.1) is 0 Å². The molecule has 1 aromatic rings. The molecule has 0 saturated carbocycles. The molecule has 1 saturated heterocycles. The first-order valence-electron chi connectivity index (χ1n) is 9.87. The number of nitrogens with one attached hydrogen (secondary N) is 2. The first kappa shape index (κ1) is 22.3. The van der Waals surface area contributed by atoms with Crippen LogP contribution in [-0.4, -0.2) is 73.0 Å². The molecular formula is C21H31N5O3. The van der Waals surface area contributed by atoms with Crippen molar-refractivity contribution in [1.29, 1.82) is 0 Å². The van der Waals surface area contributed by atoms with E-state index in [4.69, 9.17) is 0 Å². The van der Waals surface area contributed by atoms with E-state index in [0.29, 0.717) is 25.3 Å². The SMILES string of the molecule is C=CCN(CC(=O)Nc1ccc(N2CCN(C(=O)NC(C)C)CC2)cc1)C(C)=O. The highest BCUT2D eigenvalue weighted by Crippen LogP contribution is 2.19. The normalized spacial score (nSPS) is 13.8. The summed E-state index contributed by atoms with van der Waals surface area (Å²) in [5, 5.41) is 5.73. The van der Waals surface area contributed by atoms with E-state index in [9.17, 15) is 14.4 Å². The fourth-order valence-corrected chi connectivity index (χ4v) is 3.10. The number of rotatable bonds is 7. The number of urea groups is 1. The Bertz CT molecular complexity index is 724. The van der Waals surface area contributed by atoms with Crippen molar-refractivity contribution in [2.24, 2.45) is 0 Å². The van der Waals surface area contributed by atoms with E-state index in [1.165, 1.54) is 11.8 Å². The van der Waals surface area contributed by atoms with E-state index in [1.807, 2.05) is 43.0 Å². The molecule has 1 aliphatic heterocycles. The number of carbonyl (C=O) groups excluding carboxylic acids is 3. The molecule has 0 aromatic heterocycles. The first-order chi connectivity index (χ1) is 13.8. The molecule has 8 heteroatoms. The van der Waals surface area contributed by atoms with Crippen LogP contribution in [0.5, 0.6) is 0 Å². The van der Waals surface area contributed by atoms with Crippen molar-refractivity contribution >= 4 is 29.2 Å². The zero-order valence-corrected chi connectivity index (χ0v) is 17.5. The standard InChI is InChI=1S/C21H31N5O3/c1-5-10-26(17(4)27)15-20(28)23-18-6-8-19(9-7-18)24-11-13-25(14-12-24)21(29)22-16(2)3/h5-9,16H,1,10-15H2,2-4H3,(H,22,29)(H,23,28). The van der Waals surface area contributed by atoms with Crippen LogP contribution < -0.4 is 15.5 Å². The van der Waals surface area contributed by atoms with Gasteiger partial charge in [0.1, 0.15) is 6.54 Å². The summed E-state index contributed by atoms with van der Waals surface area (Å²) in [6.07, 6.45) is 1.59. The Balaban J connectivity index is 1.86. The molecule has 2 rings (SSSR count). The van der Waals surface area contributed by atoms with E-state index in [0.717, 1.165) is 18.8 Å². The molecule has 8 nitrogen and oxygen atoms in total. The predicted octanol–water partition coefficient (Wildman–Crippen LogP) is 1.90. The summed E-state index contributed by atoms with van der Waals surface area (Å²) in [5.41, 5.74) is 1.72. The van der Waals surface area contributed by atoms with Crippen LogP contribution in [0.3, 0.4) is 0 Å². The van der Waals surface area contributed by atoms with Crippen LogP contribution in [0, 0.1) is 0 Å². The van der Waals surface area contributed by atoms with Crippen LogP contribution in [0.15, 0.2) is 36.9 Å². The minimum atomic E-state index is -0.250. The lowest BCUT2D eigenvalue weighted by Crippen LogP contribution is -2.52. The van der Waals surface area contributed by atoms with Crippen molar-refractivity contribution in [2.75, 3.05) is 49.5 Å². The molecule has 0 bridgehead atoms. The molecule has 1 aliphatic rings. The number of hydrogen-bond acceptors (Lipinski definition) is 4. The maximum Gasteiger partial charge on any atom is 0.317 e. The maximum absolute atomic E-state index is 12.2. The number of benzene rings is 1. The van der Waals surface area contributed by atoms with Gasteiger partial charge in [-0.2, -0.15) is 0 Å². The molecule has 4 amide bonds. The summed E-state index contributed by atoms with van der Waals surface area (Å²) < 4.78 is 0. The van der Waals surface area contributed by atoms with Crippen molar-refractivity contribution in [3.05, 3.63) is 36.9 Å². The number of piperazine rings is 1. The van der Waals surface area contributed by atoms with Gasteiger partial charge in [-0.1, -0.05) is 6.08 Å². The highest BCUT2D eigenvalue weighted by Gasteiger charge is 2.21. The van der Waals surface area contributed by atoms with Crippen molar-refractivity contribution in [2.45, 2.75) is 26.8 Å². The Morgan fingerprint density at radius 2 is 1.76 bits per heavy atom. The van der Waals surface area contributed by atoms with Crippen LogP contribution in [0.2, 0.25) is 0 Å². The summed E-state index contributed by atoms with van der Waals surface area (Å²) in [4.78, 5) is 41.2. The van der Waals surface area contributed by atoms with Gasteiger partial charge >= 0.3 is 6.03 Å². The second-order valence-corrected chi connectivity index (χ2v) is 7.36. The Labute approximate surface area is 172 Å². The Kier molecular flexibility index (Phi) is 8.06. The molecule has 0 atom stereocenters. The summed E-state index contributed by atoms with van der Waals surface area (Å²) in [6, 6.07) is 7.70. The third-order valence-corrected chi connectivity index (χ3v) is 4.62. The molecule has 0 unspecified atom stereocenters. The maximum atomic E-state index is 12.2. The molecule has 0 spiro atoms. The smallest absolute Gasteiger partial charge is 0.317 e. The van der Waals surface area contributed by atoms with Crippen molar-refractivity contribution < 1.29 is 14.4 Å². The summed E-state index contributed by atoms with van der Waals surface area (Å²) in [7, 11) is 0. The lowest BCUT2D eigenvalue weighted by atomic mass is 10.2. The largest absolute Gasteiger partial charge is 0.368 e. The molecular weight excluding hydrogens is 370 g/mol. The lowest BCUT2D eigenvalue weighted by Gasteiger charge is -2.36. The fraction of sp³-hybridized carbons (Fsp3) is 0.476. The van der Waals surface area contributed by atoms with Gasteiger partial charge in [-0.25, -0.2) is 4.79 Å². The molecule has 1 heterocycles. The molecule has 1 aromatic carbocycles. The lowest BCUT2D eigenvalue weighted by molar-refractivity contribution is -0.132. The number of anilines is 2. The number of nitrogens with zero attached hydrogens (tertiary/aromatic N) is 3. The Morgan fingerprint density at radius 1 is 1.14 bits per heavy atom. The zero-order chi connectivity index (χ0) is 21.4. The topological polar surface area (TPSA) is 85.0 Å². The van der Waals surface area contributed by atoms with Gasteiger partial charge in [-0.3, -0.25) is 9.59 Å². The predicted molar refractivity (Wildman–Crippen MR) is 115 cm³/mol. The van der Waals surface area contributed by atoms with E-state index >= 15 is 0 Å².